The van der Waals surface area contributed by atoms with Crippen molar-refractivity contribution in [2.24, 2.45) is 0 Å². The number of aliphatic carboxylic acids is 5. The number of piperidine rings is 5. The van der Waals surface area contributed by atoms with Crippen LogP contribution in [0.2, 0.25) is 5.02 Å². The number of benzene rings is 5. The molecule has 40 nitrogen and oxygen atoms in total. The summed E-state index contributed by atoms with van der Waals surface area (Å²) in [5.41, 5.74) is 52.8. The minimum absolute atomic E-state index is 0.0867. The first-order chi connectivity index (χ1) is 70.9. The van der Waals surface area contributed by atoms with Gasteiger partial charge in [-0.25, -0.2) is 24.9 Å². The maximum absolute atomic E-state index is 11.2. The Morgan fingerprint density at radius 2 is 0.596 bits per heavy atom. The van der Waals surface area contributed by atoms with Gasteiger partial charge in [0.25, 0.3) is 0 Å². The summed E-state index contributed by atoms with van der Waals surface area (Å²) < 4.78 is 8.19. The Labute approximate surface area is 835 Å². The van der Waals surface area contributed by atoms with Gasteiger partial charge < -0.3 is 80.8 Å². The van der Waals surface area contributed by atoms with Gasteiger partial charge in [0.05, 0.1) is 87.0 Å². The number of carboxylic acids is 5. The highest BCUT2D eigenvalue weighted by atomic mass is 35.5. The molecule has 25 rings (SSSR count). The number of aromatic nitrogens is 20. The highest BCUT2D eigenvalue weighted by Gasteiger charge is 2.35. The number of pyridine rings is 5. The van der Waals surface area contributed by atoms with Crippen LogP contribution in [0.1, 0.15) is 122 Å². The molecule has 5 aromatic carbocycles. The number of fused-ring (bicyclic) bond motifs is 10. The Bertz CT molecular complexity index is 7960. The number of anilines is 5. The van der Waals surface area contributed by atoms with Crippen molar-refractivity contribution in [3.05, 3.63) is 271 Å². The lowest BCUT2D eigenvalue weighted by Crippen LogP contribution is -2.43. The van der Waals surface area contributed by atoms with Crippen LogP contribution in [-0.2, 0) is 24.0 Å². The molecule has 20 heterocycles. The first-order valence-electron chi connectivity index (χ1n) is 47.9. The van der Waals surface area contributed by atoms with Gasteiger partial charge in [0.1, 0.15) is 59.3 Å². The van der Waals surface area contributed by atoms with Crippen LogP contribution in [-0.4, -0.2) is 216 Å². The normalized spacial score (nSPS) is 19.5. The molecule has 5 aliphatic heterocycles. The Hall–Kier alpha value is -17.3. The minimum atomic E-state index is -0.820. The second kappa shape index (κ2) is 40.6. The van der Waals surface area contributed by atoms with E-state index in [2.05, 4.69) is 83.1 Å². The smallest absolute Gasteiger partial charge is 0.320 e. The van der Waals surface area contributed by atoms with E-state index in [-0.39, 0.29) is 29.6 Å². The number of carboxylic acid groups (broad SMARTS) is 5. The predicted octanol–water partition coefficient (Wildman–Crippen LogP) is 12.9. The van der Waals surface area contributed by atoms with Crippen molar-refractivity contribution in [2.45, 2.75) is 124 Å². The van der Waals surface area contributed by atoms with E-state index in [9.17, 15) is 49.5 Å². The Balaban J connectivity index is 0.000000107. The summed E-state index contributed by atoms with van der Waals surface area (Å²) in [6.07, 6.45) is 24.2. The maximum Gasteiger partial charge on any atom is 0.320 e. The monoisotopic (exact) mass is 1970 g/mol. The lowest BCUT2D eigenvalue weighted by atomic mass is 9.92. The molecule has 0 amide bonds. The van der Waals surface area contributed by atoms with Crippen molar-refractivity contribution < 1.29 is 49.5 Å². The molecule has 10 atom stereocenters. The molecule has 15 aromatic heterocycles. The van der Waals surface area contributed by atoms with Gasteiger partial charge in [-0.2, -0.15) is 48.1 Å². The van der Waals surface area contributed by atoms with Gasteiger partial charge in [0, 0.05) is 189 Å². The molecule has 41 heteroatoms. The highest BCUT2D eigenvalue weighted by Crippen LogP contribution is 2.41. The standard InChI is InChI=1S/C21H19ClN6O2.4C21H20N6O2/c22-12-2-3-14-13(5-6-24-18(14)7-12)15-10-26-28-19(23)8-17(27-20(15)28)11-1-4-16(21(29)30)25-9-11;22-19-9-18(12-6-7-17(21(28)29)24-10-12)26-20-15(11-25-27(19)20)13-3-1-5-16-14(13)4-2-8-23-16;22-18-9-17(13-6-7-16(21(28)29)24-10-13)26-20-15(11-25-27(18)20)14-5-1-3-12-4-2-8-23-19(12)14;22-19-9-18(14-4-6-17(21(28)29)24-10-14)26-20-15(11-25-27(19)20)12-3-5-16-13(8-12)2-1-7-23-16;22-19-9-18(12-5-6-17(21(28)29)24-10-12)26-20-15(11-25-27(19)20)13-7-8-23-16-4-2-1-3-14(13)16/h2-3,5-8,10-11,16,25H,1,4,9,23H2,(H,29,30);1-5,8-9,11-12,17,24H,6-7,10,22H2,(H,28,29);1-5,8-9,11,13,16,24H,6-7,10,22H2,(H,28,29);1-3,5,7-9,11,14,17,24H,4,6,10,22H2,(H,28,29);1-4,7-9,11-12,17,24H,5-6,10,22H2,(H,28,29). The average Bonchev–Trinajstić information content (AvgIpc) is 1.61. The molecule has 20 N–H and O–H groups in total. The summed E-state index contributed by atoms with van der Waals surface area (Å²) in [6.45, 7) is 2.77. The number of halogens is 1. The molecular weight excluding hydrogens is 1880 g/mol. The van der Waals surface area contributed by atoms with Gasteiger partial charge in [-0.05, 0) is 153 Å². The lowest BCUT2D eigenvalue weighted by molar-refractivity contribution is -0.141. The fourth-order valence-electron chi connectivity index (χ4n) is 20.2. The van der Waals surface area contributed by atoms with E-state index in [0.29, 0.717) is 127 Å². The van der Waals surface area contributed by atoms with E-state index >= 15 is 0 Å². The molecule has 0 radical (unpaired) electrons. The summed E-state index contributed by atoms with van der Waals surface area (Å²) in [5.74, 6) is -1.02. The number of nitrogens with zero attached hydrogens (tertiary/aromatic N) is 20. The van der Waals surface area contributed by atoms with Crippen molar-refractivity contribution in [2.75, 3.05) is 61.4 Å². The zero-order valence-corrected chi connectivity index (χ0v) is 79.1. The van der Waals surface area contributed by atoms with Crippen molar-refractivity contribution in [1.82, 2.24) is 124 Å². The van der Waals surface area contributed by atoms with Crippen LogP contribution in [0.5, 0.6) is 0 Å². The number of para-hydroxylation sites is 2. The maximum atomic E-state index is 11.2. The third kappa shape index (κ3) is 19.1. The largest absolute Gasteiger partial charge is 0.480 e. The van der Waals surface area contributed by atoms with E-state index in [0.717, 1.165) is 171 Å². The predicted molar refractivity (Wildman–Crippen MR) is 553 cm³/mol. The molecular formula is C105H99ClN30O10. The van der Waals surface area contributed by atoms with Crippen molar-refractivity contribution in [3.8, 4) is 55.6 Å². The van der Waals surface area contributed by atoms with Gasteiger partial charge in [-0.15, -0.1) is 0 Å². The zero-order valence-electron chi connectivity index (χ0n) is 78.4. The van der Waals surface area contributed by atoms with E-state index < -0.39 is 60.1 Å². The lowest BCUT2D eigenvalue weighted by Gasteiger charge is -2.27. The molecule has 736 valence electrons. The summed E-state index contributed by atoms with van der Waals surface area (Å²) in [7, 11) is 0. The summed E-state index contributed by atoms with van der Waals surface area (Å²) in [4.78, 5) is 103. The van der Waals surface area contributed by atoms with Crippen LogP contribution >= 0.6 is 11.6 Å². The summed E-state index contributed by atoms with van der Waals surface area (Å²) in [6, 6.07) is 54.0. The Morgan fingerprint density at radius 3 is 1.01 bits per heavy atom. The third-order valence-corrected chi connectivity index (χ3v) is 28.2. The van der Waals surface area contributed by atoms with Crippen molar-refractivity contribution in [1.29, 1.82) is 0 Å². The first-order valence-corrected chi connectivity index (χ1v) is 48.3. The van der Waals surface area contributed by atoms with Crippen molar-refractivity contribution in [3.63, 3.8) is 0 Å². The van der Waals surface area contributed by atoms with E-state index in [1.807, 2.05) is 170 Å². The van der Waals surface area contributed by atoms with Crippen LogP contribution < -0.4 is 55.3 Å². The van der Waals surface area contributed by atoms with Crippen LogP contribution in [0.4, 0.5) is 29.1 Å². The Kier molecular flexibility index (Phi) is 26.4. The van der Waals surface area contributed by atoms with Gasteiger partial charge in [0.2, 0.25) is 0 Å². The zero-order chi connectivity index (χ0) is 101. The van der Waals surface area contributed by atoms with Crippen LogP contribution in [0.3, 0.4) is 0 Å². The molecule has 10 unspecified atom stereocenters. The van der Waals surface area contributed by atoms with Gasteiger partial charge in [-0.1, -0.05) is 90.5 Å². The molecule has 0 saturated carbocycles. The molecule has 5 saturated heterocycles. The molecule has 0 bridgehead atoms. The third-order valence-electron chi connectivity index (χ3n) is 28.0. The number of nitrogens with two attached hydrogens (primary N) is 5. The molecule has 5 aliphatic rings. The number of nitrogens with one attached hydrogen (secondary N) is 5. The topological polar surface area (TPSA) is 592 Å². The molecule has 0 spiro atoms. The number of rotatable bonds is 15. The second-order valence-corrected chi connectivity index (χ2v) is 37.4. The van der Waals surface area contributed by atoms with Gasteiger partial charge in [-0.3, -0.25) is 48.9 Å². The van der Waals surface area contributed by atoms with Crippen LogP contribution in [0.15, 0.2) is 238 Å². The van der Waals surface area contributed by atoms with E-state index in [1.54, 1.807) is 84.5 Å². The number of carbonyl (C=O) groups is 5. The van der Waals surface area contributed by atoms with Gasteiger partial charge in [0.15, 0.2) is 28.2 Å². The van der Waals surface area contributed by atoms with Gasteiger partial charge >= 0.3 is 29.8 Å². The van der Waals surface area contributed by atoms with E-state index in [4.69, 9.17) is 65.2 Å². The number of hydrogen-bond donors (Lipinski definition) is 15. The van der Waals surface area contributed by atoms with Crippen LogP contribution in [0, 0.1) is 0 Å². The summed E-state index contributed by atoms with van der Waals surface area (Å²) >= 11 is 6.12. The SMILES string of the molecule is Nc1cc(C2CCC(C(=O)O)NC2)nc2c(-c3ccc4ncccc4c3)cnn12.Nc1cc(C2CCC(C(=O)O)NC2)nc2c(-c3cccc4cccnc34)cnn12.Nc1cc(C2CCC(C(=O)O)NC2)nc2c(-c3cccc4ncccc34)cnn12.Nc1cc(C2CCC(C(=O)O)NC2)nc2c(-c3ccnc4cc(Cl)ccc34)cnn12.Nc1cc(C2CCC(C(=O)O)NC2)nc2c(-c3ccnc4ccccc34)cnn12. The Morgan fingerprint density at radius 1 is 0.281 bits per heavy atom. The molecule has 5 fully saturated rings. The molecule has 20 aromatic rings. The average molecular weight is 1980 g/mol. The summed E-state index contributed by atoms with van der Waals surface area (Å²) in [5, 5.41) is 89.2. The number of nitrogen functional groups attached to an aromatic ring is 5. The fraction of sp³-hybridized carbons (Fsp3) is 0.238. The van der Waals surface area contributed by atoms with E-state index in [1.165, 1.54) is 0 Å². The van der Waals surface area contributed by atoms with Crippen LogP contribution in [0.25, 0.3) is 138 Å². The molecule has 146 heavy (non-hydrogen) atoms. The quantitative estimate of drug-likeness (QED) is 0.0453. The highest BCUT2D eigenvalue weighted by molar-refractivity contribution is 6.31. The molecule has 0 aliphatic carbocycles. The second-order valence-electron chi connectivity index (χ2n) is 36.9. The first kappa shape index (κ1) is 94.9. The van der Waals surface area contributed by atoms with Crippen molar-refractivity contribution >= 4 is 153 Å². The fourth-order valence-corrected chi connectivity index (χ4v) is 20.4. The minimum Gasteiger partial charge on any atom is -0.480 e. The number of hydrogen-bond acceptors (Lipinski definition) is 30.